The Morgan fingerprint density at radius 1 is 0.921 bits per heavy atom. The molecule has 1 N–H and O–H groups in total. The Kier molecular flexibility index (Phi) is 8.07. The molecule has 3 aromatic rings. The standard InChI is InChI=1S/C29H31NO8/c1-17-9-12-22-21(13-17)27(20-7-6-8-23(35-3)28(20)37-5)38-25(15-26(31)32)29(33)30(22)16-18-10-11-19(34-2)14-24(18)36-4/h6-14,25,27H,15-16H2,1-5H3,(H,31,32)/t25-,27-/m0/s1. The molecule has 0 saturated heterocycles. The lowest BCUT2D eigenvalue weighted by Gasteiger charge is -2.26. The lowest BCUT2D eigenvalue weighted by molar-refractivity contribution is -0.147. The van der Waals surface area contributed by atoms with Gasteiger partial charge in [-0.1, -0.05) is 29.8 Å². The van der Waals surface area contributed by atoms with Crippen molar-refractivity contribution in [2.45, 2.75) is 32.1 Å². The van der Waals surface area contributed by atoms with Crippen LogP contribution in [0.5, 0.6) is 23.0 Å². The van der Waals surface area contributed by atoms with Crippen molar-refractivity contribution in [2.75, 3.05) is 33.3 Å². The fourth-order valence-electron chi connectivity index (χ4n) is 4.69. The van der Waals surface area contributed by atoms with E-state index in [2.05, 4.69) is 0 Å². The van der Waals surface area contributed by atoms with E-state index in [1.807, 2.05) is 37.3 Å². The smallest absolute Gasteiger partial charge is 0.306 e. The van der Waals surface area contributed by atoms with Crippen LogP contribution in [0, 0.1) is 6.92 Å². The fourth-order valence-corrected chi connectivity index (χ4v) is 4.69. The molecule has 0 fully saturated rings. The maximum atomic E-state index is 13.9. The zero-order chi connectivity index (χ0) is 27.4. The summed E-state index contributed by atoms with van der Waals surface area (Å²) in [7, 11) is 6.17. The summed E-state index contributed by atoms with van der Waals surface area (Å²) in [4.78, 5) is 27.3. The van der Waals surface area contributed by atoms with Crippen LogP contribution in [0.15, 0.2) is 54.6 Å². The molecule has 0 unspecified atom stereocenters. The number of para-hydroxylation sites is 1. The minimum atomic E-state index is -1.26. The predicted molar refractivity (Wildman–Crippen MR) is 140 cm³/mol. The van der Waals surface area contributed by atoms with Crippen molar-refractivity contribution in [1.82, 2.24) is 0 Å². The third-order valence-electron chi connectivity index (χ3n) is 6.50. The highest BCUT2D eigenvalue weighted by molar-refractivity contribution is 5.99. The molecule has 0 aliphatic carbocycles. The van der Waals surface area contributed by atoms with Gasteiger partial charge in [0.2, 0.25) is 0 Å². The summed E-state index contributed by atoms with van der Waals surface area (Å²) in [5, 5.41) is 9.66. The molecule has 0 aromatic heterocycles. The monoisotopic (exact) mass is 521 g/mol. The molecule has 4 rings (SSSR count). The quantitative estimate of drug-likeness (QED) is 0.438. The topological polar surface area (TPSA) is 104 Å². The zero-order valence-electron chi connectivity index (χ0n) is 22.0. The van der Waals surface area contributed by atoms with Gasteiger partial charge in [0.05, 0.1) is 47.1 Å². The minimum Gasteiger partial charge on any atom is -0.497 e. The Bertz CT molecular complexity index is 1340. The number of carboxylic acids is 1. The van der Waals surface area contributed by atoms with Crippen molar-refractivity contribution in [2.24, 2.45) is 0 Å². The van der Waals surface area contributed by atoms with Crippen LogP contribution in [-0.2, 0) is 20.9 Å². The Morgan fingerprint density at radius 3 is 2.34 bits per heavy atom. The fraction of sp³-hybridized carbons (Fsp3) is 0.310. The van der Waals surface area contributed by atoms with E-state index >= 15 is 0 Å². The first kappa shape index (κ1) is 26.8. The van der Waals surface area contributed by atoms with E-state index in [1.165, 1.54) is 14.2 Å². The highest BCUT2D eigenvalue weighted by Gasteiger charge is 2.39. The number of aliphatic carboxylic acids is 1. The SMILES string of the molecule is COc1ccc(CN2C(=O)[C@H](CC(=O)O)O[C@@H](c3cccc(OC)c3OC)c3cc(C)ccc32)c(OC)c1. The van der Waals surface area contributed by atoms with Crippen molar-refractivity contribution in [1.29, 1.82) is 0 Å². The third-order valence-corrected chi connectivity index (χ3v) is 6.50. The molecule has 1 aliphatic heterocycles. The molecule has 38 heavy (non-hydrogen) atoms. The van der Waals surface area contributed by atoms with E-state index in [0.29, 0.717) is 39.8 Å². The van der Waals surface area contributed by atoms with E-state index in [0.717, 1.165) is 11.1 Å². The second-order valence-electron chi connectivity index (χ2n) is 8.85. The molecule has 1 amide bonds. The molecule has 9 heteroatoms. The Morgan fingerprint density at radius 2 is 1.68 bits per heavy atom. The summed E-state index contributed by atoms with van der Waals surface area (Å²) in [5.74, 6) is 0.466. The van der Waals surface area contributed by atoms with Gasteiger partial charge in [-0.05, 0) is 31.2 Å². The first-order valence-corrected chi connectivity index (χ1v) is 12.0. The number of methoxy groups -OCH3 is 4. The number of benzene rings is 3. The Balaban J connectivity index is 1.91. The molecule has 3 aromatic carbocycles. The number of aryl methyl sites for hydroxylation is 1. The Labute approximate surface area is 221 Å². The molecule has 200 valence electrons. The van der Waals surface area contributed by atoms with Gasteiger partial charge in [-0.15, -0.1) is 0 Å². The lowest BCUT2D eigenvalue weighted by Crippen LogP contribution is -2.40. The molecule has 0 radical (unpaired) electrons. The molecule has 0 bridgehead atoms. The second-order valence-corrected chi connectivity index (χ2v) is 8.85. The van der Waals surface area contributed by atoms with Crippen LogP contribution < -0.4 is 23.8 Å². The molecular weight excluding hydrogens is 490 g/mol. The average molecular weight is 522 g/mol. The Hall–Kier alpha value is -4.24. The third kappa shape index (κ3) is 5.24. The number of hydrogen-bond acceptors (Lipinski definition) is 7. The number of rotatable bonds is 9. The van der Waals surface area contributed by atoms with E-state index < -0.39 is 30.5 Å². The number of carboxylic acid groups (broad SMARTS) is 1. The van der Waals surface area contributed by atoms with Gasteiger partial charge in [-0.25, -0.2) is 0 Å². The highest BCUT2D eigenvalue weighted by Crippen LogP contribution is 2.45. The number of hydrogen-bond donors (Lipinski definition) is 1. The number of carbonyl (C=O) groups is 2. The van der Waals surface area contributed by atoms with Crippen LogP contribution in [0.4, 0.5) is 5.69 Å². The normalized spacial score (nSPS) is 16.9. The van der Waals surface area contributed by atoms with Crippen LogP contribution in [0.1, 0.15) is 34.8 Å². The number of ether oxygens (including phenoxy) is 5. The summed E-state index contributed by atoms with van der Waals surface area (Å²) >= 11 is 0. The van der Waals surface area contributed by atoms with Gasteiger partial charge in [0.1, 0.15) is 23.7 Å². The second kappa shape index (κ2) is 11.4. The van der Waals surface area contributed by atoms with Gasteiger partial charge < -0.3 is 33.7 Å². The lowest BCUT2D eigenvalue weighted by atomic mass is 9.96. The van der Waals surface area contributed by atoms with E-state index in [-0.39, 0.29) is 6.54 Å². The van der Waals surface area contributed by atoms with E-state index in [9.17, 15) is 14.7 Å². The largest absolute Gasteiger partial charge is 0.497 e. The van der Waals surface area contributed by atoms with Crippen LogP contribution in [0.25, 0.3) is 0 Å². The van der Waals surface area contributed by atoms with Crippen LogP contribution in [-0.4, -0.2) is 51.5 Å². The van der Waals surface area contributed by atoms with Crippen molar-refractivity contribution in [3.8, 4) is 23.0 Å². The number of carbonyl (C=O) groups excluding carboxylic acids is 1. The summed E-state index contributed by atoms with van der Waals surface area (Å²) in [6.45, 7) is 2.07. The molecule has 1 heterocycles. The number of anilines is 1. The summed E-state index contributed by atoms with van der Waals surface area (Å²) in [6, 6.07) is 16.4. The van der Waals surface area contributed by atoms with Crippen LogP contribution in [0.2, 0.25) is 0 Å². The highest BCUT2D eigenvalue weighted by atomic mass is 16.5. The van der Waals surface area contributed by atoms with Crippen molar-refractivity contribution in [3.63, 3.8) is 0 Å². The van der Waals surface area contributed by atoms with Gasteiger partial charge in [-0.3, -0.25) is 9.59 Å². The summed E-state index contributed by atoms with van der Waals surface area (Å²) in [5.41, 5.74) is 3.59. The molecule has 2 atom stereocenters. The minimum absolute atomic E-state index is 0.128. The first-order valence-electron chi connectivity index (χ1n) is 12.0. The first-order chi connectivity index (χ1) is 18.3. The number of nitrogens with zero attached hydrogens (tertiary/aromatic N) is 1. The van der Waals surface area contributed by atoms with Crippen molar-refractivity contribution >= 4 is 17.6 Å². The summed E-state index contributed by atoms with van der Waals surface area (Å²) < 4.78 is 28.4. The maximum Gasteiger partial charge on any atom is 0.306 e. The van der Waals surface area contributed by atoms with Gasteiger partial charge >= 0.3 is 5.97 Å². The van der Waals surface area contributed by atoms with Gasteiger partial charge in [0.25, 0.3) is 5.91 Å². The molecular formula is C29H31NO8. The predicted octanol–water partition coefficient (Wildman–Crippen LogP) is 4.53. The van der Waals surface area contributed by atoms with Crippen LogP contribution >= 0.6 is 0 Å². The van der Waals surface area contributed by atoms with Gasteiger partial charge in [0, 0.05) is 22.8 Å². The molecule has 0 spiro atoms. The number of fused-ring (bicyclic) bond motifs is 1. The average Bonchev–Trinajstić information content (AvgIpc) is 3.02. The maximum absolute atomic E-state index is 13.9. The van der Waals surface area contributed by atoms with Crippen LogP contribution in [0.3, 0.4) is 0 Å². The number of amides is 1. The molecule has 0 saturated carbocycles. The molecule has 1 aliphatic rings. The van der Waals surface area contributed by atoms with E-state index in [1.54, 1.807) is 43.4 Å². The molecule has 9 nitrogen and oxygen atoms in total. The van der Waals surface area contributed by atoms with Gasteiger partial charge in [-0.2, -0.15) is 0 Å². The summed E-state index contributed by atoms with van der Waals surface area (Å²) in [6.07, 6.45) is -2.57. The van der Waals surface area contributed by atoms with Crippen molar-refractivity contribution in [3.05, 3.63) is 76.9 Å². The zero-order valence-corrected chi connectivity index (χ0v) is 22.0. The van der Waals surface area contributed by atoms with Gasteiger partial charge in [0.15, 0.2) is 11.5 Å². The van der Waals surface area contributed by atoms with Crippen molar-refractivity contribution < 1.29 is 38.4 Å². The van der Waals surface area contributed by atoms with E-state index in [4.69, 9.17) is 23.7 Å².